The van der Waals surface area contributed by atoms with Crippen molar-refractivity contribution >= 4 is 0 Å². The summed E-state index contributed by atoms with van der Waals surface area (Å²) in [5.41, 5.74) is 0.849. The Bertz CT molecular complexity index is 313. The van der Waals surface area contributed by atoms with Crippen molar-refractivity contribution in [2.75, 3.05) is 0 Å². The first-order valence-electron chi connectivity index (χ1n) is 5.62. The number of halogens is 3. The molecule has 0 aliphatic carbocycles. The first-order valence-corrected chi connectivity index (χ1v) is 5.62. The number of rotatable bonds is 6. The molecular weight excluding hydrogens is 231 g/mol. The second-order valence-corrected chi connectivity index (χ2v) is 4.02. The summed E-state index contributed by atoms with van der Waals surface area (Å²) in [5, 5.41) is 9.51. The van der Waals surface area contributed by atoms with Crippen LogP contribution in [0.15, 0.2) is 24.4 Å². The molecular formula is C12H16F3NO. The molecule has 0 saturated heterocycles. The molecule has 0 fully saturated rings. The number of aliphatic hydroxyl groups excluding tert-OH is 1. The van der Waals surface area contributed by atoms with Gasteiger partial charge in [-0.3, -0.25) is 4.98 Å². The Kier molecular flexibility index (Phi) is 5.41. The van der Waals surface area contributed by atoms with Crippen LogP contribution in [0.3, 0.4) is 0 Å². The molecule has 1 heterocycles. The first-order chi connectivity index (χ1) is 7.97. The highest BCUT2D eigenvalue weighted by Gasteiger charge is 2.26. The molecule has 1 aromatic heterocycles. The normalized spacial score (nSPS) is 13.6. The van der Waals surface area contributed by atoms with E-state index < -0.39 is 18.7 Å². The minimum atomic E-state index is -4.12. The quantitative estimate of drug-likeness (QED) is 0.837. The van der Waals surface area contributed by atoms with Gasteiger partial charge in [-0.1, -0.05) is 6.07 Å². The Hall–Kier alpha value is -1.10. The maximum atomic E-state index is 11.9. The standard InChI is InChI=1S/C12H16F3NO/c13-12(14,15)8-3-5-11(17)7-6-10-4-1-2-9-16-10/h1-2,4,9,11,17H,3,5-8H2. The highest BCUT2D eigenvalue weighted by molar-refractivity contribution is 5.03. The molecule has 1 rings (SSSR count). The van der Waals surface area contributed by atoms with Gasteiger partial charge in [-0.15, -0.1) is 0 Å². The molecule has 0 amide bonds. The van der Waals surface area contributed by atoms with Gasteiger partial charge in [-0.05, 0) is 37.8 Å². The third-order valence-electron chi connectivity index (χ3n) is 2.46. The lowest BCUT2D eigenvalue weighted by atomic mass is 10.1. The summed E-state index contributed by atoms with van der Waals surface area (Å²) in [5.74, 6) is 0. The molecule has 0 aliphatic heterocycles. The smallest absolute Gasteiger partial charge is 0.389 e. The van der Waals surface area contributed by atoms with Crippen molar-refractivity contribution in [3.8, 4) is 0 Å². The maximum absolute atomic E-state index is 11.9. The Labute approximate surface area is 98.5 Å². The summed E-state index contributed by atoms with van der Waals surface area (Å²) in [6, 6.07) is 5.48. The minimum absolute atomic E-state index is 0.0209. The minimum Gasteiger partial charge on any atom is -0.393 e. The Morgan fingerprint density at radius 3 is 2.59 bits per heavy atom. The van der Waals surface area contributed by atoms with Crippen LogP contribution < -0.4 is 0 Å². The molecule has 1 N–H and O–H groups in total. The lowest BCUT2D eigenvalue weighted by Gasteiger charge is -2.11. The number of nitrogens with zero attached hydrogens (tertiary/aromatic N) is 1. The number of pyridine rings is 1. The van der Waals surface area contributed by atoms with Crippen molar-refractivity contribution in [3.63, 3.8) is 0 Å². The van der Waals surface area contributed by atoms with Gasteiger partial charge >= 0.3 is 6.18 Å². The number of aryl methyl sites for hydroxylation is 1. The summed E-state index contributed by atoms with van der Waals surface area (Å²) in [6.07, 6.45) is -2.76. The molecule has 0 spiro atoms. The Morgan fingerprint density at radius 2 is 2.00 bits per heavy atom. The van der Waals surface area contributed by atoms with Crippen molar-refractivity contribution in [2.24, 2.45) is 0 Å². The van der Waals surface area contributed by atoms with Crippen LogP contribution >= 0.6 is 0 Å². The van der Waals surface area contributed by atoms with Gasteiger partial charge in [0.15, 0.2) is 0 Å². The molecule has 0 aliphatic rings. The zero-order valence-corrected chi connectivity index (χ0v) is 9.45. The average Bonchev–Trinajstić information content (AvgIpc) is 2.26. The second kappa shape index (κ2) is 6.59. The average molecular weight is 247 g/mol. The van der Waals surface area contributed by atoms with Gasteiger partial charge in [0.05, 0.1) is 6.10 Å². The van der Waals surface area contributed by atoms with Gasteiger partial charge in [-0.25, -0.2) is 0 Å². The first kappa shape index (κ1) is 14.0. The fourth-order valence-electron chi connectivity index (χ4n) is 1.54. The SMILES string of the molecule is OC(CCCC(F)(F)F)CCc1ccccn1. The lowest BCUT2D eigenvalue weighted by Crippen LogP contribution is -2.12. The molecule has 96 valence electrons. The highest BCUT2D eigenvalue weighted by Crippen LogP contribution is 2.23. The molecule has 0 saturated carbocycles. The van der Waals surface area contributed by atoms with E-state index in [1.165, 1.54) is 0 Å². The molecule has 0 radical (unpaired) electrons. The molecule has 17 heavy (non-hydrogen) atoms. The fraction of sp³-hybridized carbons (Fsp3) is 0.583. The van der Waals surface area contributed by atoms with Crippen LogP contribution in [0, 0.1) is 0 Å². The van der Waals surface area contributed by atoms with E-state index in [1.54, 1.807) is 12.3 Å². The zero-order chi connectivity index (χ0) is 12.7. The van der Waals surface area contributed by atoms with Crippen molar-refractivity contribution in [1.82, 2.24) is 4.98 Å². The second-order valence-electron chi connectivity index (χ2n) is 4.02. The monoisotopic (exact) mass is 247 g/mol. The maximum Gasteiger partial charge on any atom is 0.389 e. The van der Waals surface area contributed by atoms with E-state index in [1.807, 2.05) is 12.1 Å². The number of hydrogen-bond acceptors (Lipinski definition) is 2. The molecule has 0 bridgehead atoms. The van der Waals surface area contributed by atoms with Gasteiger partial charge < -0.3 is 5.11 Å². The molecule has 1 unspecified atom stereocenters. The van der Waals surface area contributed by atoms with Crippen molar-refractivity contribution in [2.45, 2.75) is 44.4 Å². The third kappa shape index (κ3) is 6.94. The summed E-state index contributed by atoms with van der Waals surface area (Å²) in [4.78, 5) is 4.08. The van der Waals surface area contributed by atoms with Gasteiger partial charge in [0, 0.05) is 18.3 Å². The van der Waals surface area contributed by atoms with Crippen LogP contribution in [0.2, 0.25) is 0 Å². The van der Waals surface area contributed by atoms with E-state index in [2.05, 4.69) is 4.98 Å². The zero-order valence-electron chi connectivity index (χ0n) is 9.45. The van der Waals surface area contributed by atoms with E-state index in [4.69, 9.17) is 0 Å². The van der Waals surface area contributed by atoms with Gasteiger partial charge in [0.1, 0.15) is 0 Å². The van der Waals surface area contributed by atoms with Crippen LogP contribution in [0.1, 0.15) is 31.4 Å². The summed E-state index contributed by atoms with van der Waals surface area (Å²) in [6.45, 7) is 0. The van der Waals surface area contributed by atoms with Gasteiger partial charge in [-0.2, -0.15) is 13.2 Å². The van der Waals surface area contributed by atoms with Crippen LogP contribution in [-0.2, 0) is 6.42 Å². The van der Waals surface area contributed by atoms with Gasteiger partial charge in [0.25, 0.3) is 0 Å². The summed E-state index contributed by atoms with van der Waals surface area (Å²) in [7, 11) is 0. The van der Waals surface area contributed by atoms with E-state index in [-0.39, 0.29) is 12.8 Å². The topological polar surface area (TPSA) is 33.1 Å². The molecule has 0 aromatic carbocycles. The summed E-state index contributed by atoms with van der Waals surface area (Å²) >= 11 is 0. The van der Waals surface area contributed by atoms with E-state index in [9.17, 15) is 18.3 Å². The van der Waals surface area contributed by atoms with Crippen LogP contribution in [0.25, 0.3) is 0 Å². The Balaban J connectivity index is 2.15. The van der Waals surface area contributed by atoms with Crippen LogP contribution in [0.5, 0.6) is 0 Å². The number of hydrogen-bond donors (Lipinski definition) is 1. The predicted molar refractivity (Wildman–Crippen MR) is 58.5 cm³/mol. The fourth-order valence-corrected chi connectivity index (χ4v) is 1.54. The van der Waals surface area contributed by atoms with Crippen molar-refractivity contribution in [1.29, 1.82) is 0 Å². The van der Waals surface area contributed by atoms with E-state index in [0.29, 0.717) is 12.8 Å². The molecule has 5 heteroatoms. The highest BCUT2D eigenvalue weighted by atomic mass is 19.4. The Morgan fingerprint density at radius 1 is 1.24 bits per heavy atom. The molecule has 1 aromatic rings. The summed E-state index contributed by atoms with van der Waals surface area (Å²) < 4.78 is 35.6. The van der Waals surface area contributed by atoms with Crippen molar-refractivity contribution in [3.05, 3.63) is 30.1 Å². The molecule has 2 nitrogen and oxygen atoms in total. The predicted octanol–water partition coefficient (Wildman–Crippen LogP) is 3.11. The number of alkyl halides is 3. The lowest BCUT2D eigenvalue weighted by molar-refractivity contribution is -0.136. The van der Waals surface area contributed by atoms with Gasteiger partial charge in [0.2, 0.25) is 0 Å². The van der Waals surface area contributed by atoms with Crippen LogP contribution in [-0.4, -0.2) is 22.4 Å². The number of aliphatic hydroxyl groups is 1. The third-order valence-corrected chi connectivity index (χ3v) is 2.46. The van der Waals surface area contributed by atoms with Crippen LogP contribution in [0.4, 0.5) is 13.2 Å². The molecule has 1 atom stereocenters. The van der Waals surface area contributed by atoms with E-state index >= 15 is 0 Å². The van der Waals surface area contributed by atoms with Crippen molar-refractivity contribution < 1.29 is 18.3 Å². The van der Waals surface area contributed by atoms with E-state index in [0.717, 1.165) is 5.69 Å². The number of aromatic nitrogens is 1. The largest absolute Gasteiger partial charge is 0.393 e.